The van der Waals surface area contributed by atoms with Crippen LogP contribution in [0.3, 0.4) is 0 Å². The molecule has 1 saturated carbocycles. The number of thioether (sulfide) groups is 1. The average Bonchev–Trinajstić information content (AvgIpc) is 3.09. The Labute approximate surface area is 105 Å². The molecule has 1 N–H and O–H groups in total. The minimum absolute atomic E-state index is 0.719. The van der Waals surface area contributed by atoms with Crippen molar-refractivity contribution in [1.29, 1.82) is 0 Å². The average molecular weight is 248 g/mol. The van der Waals surface area contributed by atoms with E-state index in [1.165, 1.54) is 12.8 Å². The van der Waals surface area contributed by atoms with Gasteiger partial charge >= 0.3 is 0 Å². The summed E-state index contributed by atoms with van der Waals surface area (Å²) in [5.41, 5.74) is 1.92. The van der Waals surface area contributed by atoms with E-state index in [0.717, 1.165) is 40.8 Å². The van der Waals surface area contributed by atoms with E-state index in [1.807, 2.05) is 24.9 Å². The van der Waals surface area contributed by atoms with E-state index < -0.39 is 0 Å². The minimum atomic E-state index is 0.719. The maximum atomic E-state index is 4.53. The van der Waals surface area contributed by atoms with Gasteiger partial charge in [-0.05, 0) is 25.7 Å². The predicted molar refractivity (Wildman–Crippen MR) is 70.0 cm³/mol. The fourth-order valence-corrected chi connectivity index (χ4v) is 3.08. The number of nitrogens with one attached hydrogen (secondary N) is 1. The third-order valence-corrected chi connectivity index (χ3v) is 4.41. The van der Waals surface area contributed by atoms with Crippen LogP contribution in [0, 0.1) is 12.8 Å². The van der Waals surface area contributed by atoms with Gasteiger partial charge in [-0.1, -0.05) is 11.8 Å². The van der Waals surface area contributed by atoms with Crippen LogP contribution in [-0.2, 0) is 6.54 Å². The van der Waals surface area contributed by atoms with Crippen molar-refractivity contribution < 1.29 is 0 Å². The highest BCUT2D eigenvalue weighted by molar-refractivity contribution is 8.14. The zero-order valence-electron chi connectivity index (χ0n) is 9.89. The Morgan fingerprint density at radius 3 is 2.94 bits per heavy atom. The van der Waals surface area contributed by atoms with Crippen LogP contribution in [-0.4, -0.2) is 26.9 Å². The van der Waals surface area contributed by atoms with E-state index in [-0.39, 0.29) is 0 Å². The van der Waals surface area contributed by atoms with Crippen molar-refractivity contribution in [2.24, 2.45) is 10.9 Å². The molecule has 1 aliphatic heterocycles. The number of amidine groups is 1. The molecule has 1 fully saturated rings. The van der Waals surface area contributed by atoms with Gasteiger partial charge in [-0.15, -0.1) is 0 Å². The Hall–Kier alpha value is -1.10. The Morgan fingerprint density at radius 2 is 2.24 bits per heavy atom. The third-order valence-electron chi connectivity index (χ3n) is 3.08. The molecule has 1 aromatic rings. The maximum Gasteiger partial charge on any atom is 0.157 e. The standard InChI is InChI=1S/C12H16N4S/c1-8-4-14-10(5-13-8)6-15-12-16-7-11(17-12)9-2-3-9/h4-5,9,11H,2-3,6-7H2,1H3,(H,15,16). The van der Waals surface area contributed by atoms with E-state index in [0.29, 0.717) is 0 Å². The molecule has 17 heavy (non-hydrogen) atoms. The first-order chi connectivity index (χ1) is 8.31. The molecule has 1 unspecified atom stereocenters. The molecule has 0 aromatic carbocycles. The molecule has 90 valence electrons. The lowest BCUT2D eigenvalue weighted by molar-refractivity contribution is 0.771. The number of aryl methyl sites for hydroxylation is 1. The highest BCUT2D eigenvalue weighted by atomic mass is 32.2. The van der Waals surface area contributed by atoms with E-state index in [9.17, 15) is 0 Å². The summed E-state index contributed by atoms with van der Waals surface area (Å²) in [4.78, 5) is 13.1. The quantitative estimate of drug-likeness (QED) is 0.885. The zero-order valence-corrected chi connectivity index (χ0v) is 10.7. The molecular formula is C12H16N4S. The van der Waals surface area contributed by atoms with Gasteiger partial charge in [0.25, 0.3) is 0 Å². The van der Waals surface area contributed by atoms with Gasteiger partial charge in [-0.25, -0.2) is 0 Å². The topological polar surface area (TPSA) is 50.2 Å². The first-order valence-electron chi connectivity index (χ1n) is 6.04. The highest BCUT2D eigenvalue weighted by Gasteiger charge is 2.35. The summed E-state index contributed by atoms with van der Waals surface area (Å²) in [5, 5.41) is 5.14. The van der Waals surface area contributed by atoms with Crippen molar-refractivity contribution in [3.8, 4) is 0 Å². The molecule has 0 amide bonds. The van der Waals surface area contributed by atoms with Gasteiger partial charge in [-0.3, -0.25) is 15.0 Å². The summed E-state index contributed by atoms with van der Waals surface area (Å²) in [5.74, 6) is 0.919. The molecule has 1 atom stereocenters. The molecule has 5 heteroatoms. The van der Waals surface area contributed by atoms with Crippen LogP contribution in [0.4, 0.5) is 0 Å². The van der Waals surface area contributed by atoms with Crippen molar-refractivity contribution in [3.05, 3.63) is 23.8 Å². The summed E-state index contributed by atoms with van der Waals surface area (Å²) in [7, 11) is 0. The molecule has 4 nitrogen and oxygen atoms in total. The Kier molecular flexibility index (Phi) is 3.01. The summed E-state index contributed by atoms with van der Waals surface area (Å²) in [6.07, 6.45) is 6.41. The fourth-order valence-electron chi connectivity index (χ4n) is 1.88. The monoisotopic (exact) mass is 248 g/mol. The molecule has 1 aromatic heterocycles. The van der Waals surface area contributed by atoms with Gasteiger partial charge in [0.1, 0.15) is 0 Å². The third kappa shape index (κ3) is 2.77. The number of aliphatic imine (C=N–C) groups is 1. The van der Waals surface area contributed by atoms with Crippen LogP contribution in [0.15, 0.2) is 17.4 Å². The fraction of sp³-hybridized carbons (Fsp3) is 0.583. The lowest BCUT2D eigenvalue weighted by atomic mass is 10.3. The van der Waals surface area contributed by atoms with Crippen LogP contribution in [0.25, 0.3) is 0 Å². The zero-order chi connectivity index (χ0) is 11.7. The first kappa shape index (κ1) is 11.0. The normalized spacial score (nSPS) is 23.6. The van der Waals surface area contributed by atoms with Crippen LogP contribution in [0.5, 0.6) is 0 Å². The Balaban J connectivity index is 1.49. The molecular weight excluding hydrogens is 232 g/mol. The molecule has 0 bridgehead atoms. The lowest BCUT2D eigenvalue weighted by Gasteiger charge is -2.07. The van der Waals surface area contributed by atoms with Gasteiger partial charge in [0.15, 0.2) is 5.17 Å². The van der Waals surface area contributed by atoms with Gasteiger partial charge in [0, 0.05) is 11.4 Å². The lowest BCUT2D eigenvalue weighted by Crippen LogP contribution is -2.20. The van der Waals surface area contributed by atoms with Crippen molar-refractivity contribution in [1.82, 2.24) is 15.3 Å². The molecule has 1 aliphatic carbocycles. The summed E-state index contributed by atoms with van der Waals surface area (Å²) in [6.45, 7) is 3.65. The van der Waals surface area contributed by atoms with Crippen molar-refractivity contribution in [3.63, 3.8) is 0 Å². The highest BCUT2D eigenvalue weighted by Crippen LogP contribution is 2.41. The predicted octanol–water partition coefficient (Wildman–Crippen LogP) is 1.76. The smallest absolute Gasteiger partial charge is 0.157 e. The first-order valence-corrected chi connectivity index (χ1v) is 6.92. The molecule has 0 saturated heterocycles. The molecule has 2 heterocycles. The number of hydrogen-bond acceptors (Lipinski definition) is 5. The number of hydrogen-bond donors (Lipinski definition) is 1. The largest absolute Gasteiger partial charge is 0.359 e. The van der Waals surface area contributed by atoms with Crippen LogP contribution in [0.1, 0.15) is 24.2 Å². The van der Waals surface area contributed by atoms with Gasteiger partial charge < -0.3 is 5.32 Å². The molecule has 0 spiro atoms. The molecule has 3 rings (SSSR count). The molecule has 0 radical (unpaired) electrons. The number of aromatic nitrogens is 2. The van der Waals surface area contributed by atoms with Crippen molar-refractivity contribution in [2.75, 3.05) is 6.54 Å². The summed E-state index contributed by atoms with van der Waals surface area (Å²) >= 11 is 1.89. The second-order valence-corrected chi connectivity index (χ2v) is 5.87. The van der Waals surface area contributed by atoms with Crippen LogP contribution < -0.4 is 5.32 Å². The van der Waals surface area contributed by atoms with E-state index in [4.69, 9.17) is 0 Å². The maximum absolute atomic E-state index is 4.53. The number of nitrogens with zero attached hydrogens (tertiary/aromatic N) is 3. The number of rotatable bonds is 3. The van der Waals surface area contributed by atoms with E-state index in [2.05, 4.69) is 20.3 Å². The Morgan fingerprint density at radius 1 is 1.35 bits per heavy atom. The van der Waals surface area contributed by atoms with Gasteiger partial charge in [-0.2, -0.15) is 0 Å². The summed E-state index contributed by atoms with van der Waals surface area (Å²) in [6, 6.07) is 0. The van der Waals surface area contributed by atoms with Gasteiger partial charge in [0.05, 0.1) is 30.7 Å². The second-order valence-electron chi connectivity index (χ2n) is 4.64. The van der Waals surface area contributed by atoms with E-state index >= 15 is 0 Å². The minimum Gasteiger partial charge on any atom is -0.359 e. The summed E-state index contributed by atoms with van der Waals surface area (Å²) < 4.78 is 0. The van der Waals surface area contributed by atoms with Crippen LogP contribution in [0.2, 0.25) is 0 Å². The van der Waals surface area contributed by atoms with E-state index in [1.54, 1.807) is 6.20 Å². The van der Waals surface area contributed by atoms with Gasteiger partial charge in [0.2, 0.25) is 0 Å². The van der Waals surface area contributed by atoms with Crippen LogP contribution >= 0.6 is 11.8 Å². The SMILES string of the molecule is Cc1cnc(CNC2=NCC(C3CC3)S2)cn1. The second kappa shape index (κ2) is 4.64. The Bertz CT molecular complexity index is 425. The van der Waals surface area contributed by atoms with Crippen molar-refractivity contribution >= 4 is 16.9 Å². The van der Waals surface area contributed by atoms with Crippen molar-refractivity contribution in [2.45, 2.75) is 31.6 Å². The molecule has 2 aliphatic rings.